The molecule has 0 N–H and O–H groups in total. The van der Waals surface area contributed by atoms with Crippen molar-refractivity contribution in [3.05, 3.63) is 64.7 Å². The van der Waals surface area contributed by atoms with Crippen LogP contribution in [0.25, 0.3) is 0 Å². The van der Waals surface area contributed by atoms with E-state index in [0.29, 0.717) is 0 Å². The van der Waals surface area contributed by atoms with E-state index in [9.17, 15) is 13.6 Å². The molecule has 0 atom stereocenters. The molecule has 0 aromatic heterocycles. The number of benzene rings is 2. The van der Waals surface area contributed by atoms with Gasteiger partial charge in [0.15, 0.2) is 11.6 Å². The third kappa shape index (κ3) is 3.06. The molecule has 0 radical (unpaired) electrons. The van der Waals surface area contributed by atoms with Crippen molar-refractivity contribution in [3.63, 3.8) is 0 Å². The summed E-state index contributed by atoms with van der Waals surface area (Å²) in [5, 5.41) is 8.58. The molecule has 2 rings (SSSR count). The molecule has 0 saturated heterocycles. The van der Waals surface area contributed by atoms with Gasteiger partial charge in [-0.3, -0.25) is 0 Å². The molecule has 5 heteroatoms. The smallest absolute Gasteiger partial charge is 0.343 e. The van der Waals surface area contributed by atoms with Gasteiger partial charge < -0.3 is 4.74 Å². The van der Waals surface area contributed by atoms with Crippen molar-refractivity contribution < 1.29 is 18.3 Å². The van der Waals surface area contributed by atoms with Crippen molar-refractivity contribution in [2.24, 2.45) is 0 Å². The number of halogens is 2. The monoisotopic (exact) mass is 287 g/mol. The van der Waals surface area contributed by atoms with Gasteiger partial charge in [0, 0.05) is 0 Å². The summed E-state index contributed by atoms with van der Waals surface area (Å²) in [5.74, 6) is -4.02. The summed E-state index contributed by atoms with van der Waals surface area (Å²) < 4.78 is 31.9. The topological polar surface area (TPSA) is 50.1 Å². The molecule has 0 fully saturated rings. The van der Waals surface area contributed by atoms with Gasteiger partial charge in [0.05, 0.1) is 11.1 Å². The number of hydrogen-bond donors (Lipinski definition) is 0. The molecule has 0 saturated carbocycles. The second-order valence-corrected chi connectivity index (χ2v) is 4.29. The lowest BCUT2D eigenvalue weighted by Gasteiger charge is -2.07. The molecule has 3 nitrogen and oxygen atoms in total. The Bertz CT molecular complexity index is 718. The number of rotatable bonds is 3. The SMILES string of the molecule is CCc1ccc(C(=O)Oc2ccc(C#N)c(F)c2F)cc1. The summed E-state index contributed by atoms with van der Waals surface area (Å²) >= 11 is 0. The zero-order valence-electron chi connectivity index (χ0n) is 11.2. The van der Waals surface area contributed by atoms with Gasteiger partial charge in [-0.25, -0.2) is 9.18 Å². The average molecular weight is 287 g/mol. The number of esters is 1. The Balaban J connectivity index is 2.23. The van der Waals surface area contributed by atoms with Crippen molar-refractivity contribution >= 4 is 5.97 Å². The first-order chi connectivity index (χ1) is 10.1. The Morgan fingerprint density at radius 2 is 1.81 bits per heavy atom. The first-order valence-electron chi connectivity index (χ1n) is 6.26. The predicted octanol–water partition coefficient (Wildman–Crippen LogP) is 3.62. The van der Waals surface area contributed by atoms with Crippen LogP contribution in [0.4, 0.5) is 8.78 Å². The van der Waals surface area contributed by atoms with Crippen LogP contribution in [0.5, 0.6) is 5.75 Å². The lowest BCUT2D eigenvalue weighted by Crippen LogP contribution is -2.10. The average Bonchev–Trinajstić information content (AvgIpc) is 2.52. The Hall–Kier alpha value is -2.74. The summed E-state index contributed by atoms with van der Waals surface area (Å²) in [6.45, 7) is 1.97. The maximum atomic E-state index is 13.6. The number of ether oxygens (including phenoxy) is 1. The van der Waals surface area contributed by atoms with Crippen LogP contribution in [0.2, 0.25) is 0 Å². The summed E-state index contributed by atoms with van der Waals surface area (Å²) in [6.07, 6.45) is 0.824. The molecule has 0 aliphatic carbocycles. The fraction of sp³-hybridized carbons (Fsp3) is 0.125. The maximum Gasteiger partial charge on any atom is 0.343 e. The van der Waals surface area contributed by atoms with Crippen LogP contribution in [0.15, 0.2) is 36.4 Å². The van der Waals surface area contributed by atoms with E-state index < -0.39 is 28.9 Å². The molecule has 0 unspecified atom stereocenters. The first kappa shape index (κ1) is 14.7. The normalized spacial score (nSPS) is 10.0. The van der Waals surface area contributed by atoms with E-state index in [1.165, 1.54) is 6.07 Å². The van der Waals surface area contributed by atoms with E-state index in [4.69, 9.17) is 10.00 Å². The molecular weight excluding hydrogens is 276 g/mol. The lowest BCUT2D eigenvalue weighted by molar-refractivity contribution is 0.0726. The van der Waals surface area contributed by atoms with Crippen LogP contribution in [-0.4, -0.2) is 5.97 Å². The molecule has 0 aliphatic heterocycles. The zero-order chi connectivity index (χ0) is 15.4. The molecule has 21 heavy (non-hydrogen) atoms. The third-order valence-corrected chi connectivity index (χ3v) is 2.97. The van der Waals surface area contributed by atoms with Gasteiger partial charge >= 0.3 is 5.97 Å². The van der Waals surface area contributed by atoms with Gasteiger partial charge in [-0.2, -0.15) is 9.65 Å². The van der Waals surface area contributed by atoms with Gasteiger partial charge in [0.1, 0.15) is 6.07 Å². The molecule has 0 amide bonds. The quantitative estimate of drug-likeness (QED) is 0.640. The van der Waals surface area contributed by atoms with Crippen molar-refractivity contribution in [2.45, 2.75) is 13.3 Å². The maximum absolute atomic E-state index is 13.6. The minimum absolute atomic E-state index is 0.233. The summed E-state index contributed by atoms with van der Waals surface area (Å²) in [5.41, 5.74) is 0.832. The third-order valence-electron chi connectivity index (χ3n) is 2.97. The fourth-order valence-corrected chi connectivity index (χ4v) is 1.73. The van der Waals surface area contributed by atoms with Gasteiger partial charge in [-0.15, -0.1) is 0 Å². The van der Waals surface area contributed by atoms with Gasteiger partial charge in [-0.1, -0.05) is 19.1 Å². The highest BCUT2D eigenvalue weighted by atomic mass is 19.2. The highest BCUT2D eigenvalue weighted by molar-refractivity contribution is 5.91. The van der Waals surface area contributed by atoms with E-state index >= 15 is 0 Å². The second-order valence-electron chi connectivity index (χ2n) is 4.29. The van der Waals surface area contributed by atoms with Crippen LogP contribution < -0.4 is 4.74 Å². The number of aryl methyl sites for hydroxylation is 1. The van der Waals surface area contributed by atoms with Crippen molar-refractivity contribution in [3.8, 4) is 11.8 Å². The van der Waals surface area contributed by atoms with Crippen LogP contribution in [0.3, 0.4) is 0 Å². The number of hydrogen-bond acceptors (Lipinski definition) is 3. The number of carbonyl (C=O) groups excluding carboxylic acids is 1. The van der Waals surface area contributed by atoms with Crippen LogP contribution >= 0.6 is 0 Å². The fourth-order valence-electron chi connectivity index (χ4n) is 1.73. The van der Waals surface area contributed by atoms with Gasteiger partial charge in [-0.05, 0) is 36.2 Å². The minimum atomic E-state index is -1.35. The van der Waals surface area contributed by atoms with Crippen LogP contribution in [0, 0.1) is 23.0 Å². The Morgan fingerprint density at radius 1 is 1.14 bits per heavy atom. The highest BCUT2D eigenvalue weighted by Crippen LogP contribution is 2.23. The zero-order valence-corrected chi connectivity index (χ0v) is 11.2. The molecule has 2 aromatic rings. The van der Waals surface area contributed by atoms with Crippen LogP contribution in [-0.2, 0) is 6.42 Å². The lowest BCUT2D eigenvalue weighted by atomic mass is 10.1. The number of carbonyl (C=O) groups is 1. The molecular formula is C16H11F2NO2. The van der Waals surface area contributed by atoms with Crippen molar-refractivity contribution in [1.82, 2.24) is 0 Å². The number of nitriles is 1. The number of nitrogens with zero attached hydrogens (tertiary/aromatic N) is 1. The Labute approximate surface area is 120 Å². The second kappa shape index (κ2) is 6.14. The summed E-state index contributed by atoms with van der Waals surface area (Å²) in [6, 6.07) is 10.2. The van der Waals surface area contributed by atoms with E-state index in [2.05, 4.69) is 0 Å². The standard InChI is InChI=1S/C16H11F2NO2/c1-2-10-3-5-11(6-4-10)16(20)21-13-8-7-12(9-19)14(17)15(13)18/h3-8H,2H2,1H3. The molecule has 106 valence electrons. The molecule has 2 aromatic carbocycles. The predicted molar refractivity (Wildman–Crippen MR) is 71.9 cm³/mol. The van der Waals surface area contributed by atoms with Crippen molar-refractivity contribution in [1.29, 1.82) is 5.26 Å². The van der Waals surface area contributed by atoms with E-state index in [-0.39, 0.29) is 5.56 Å². The Kier molecular flexibility index (Phi) is 4.29. The Morgan fingerprint density at radius 3 is 2.38 bits per heavy atom. The summed E-state index contributed by atoms with van der Waals surface area (Å²) in [4.78, 5) is 11.9. The highest BCUT2D eigenvalue weighted by Gasteiger charge is 2.17. The molecule has 0 bridgehead atoms. The van der Waals surface area contributed by atoms with E-state index in [1.807, 2.05) is 6.92 Å². The van der Waals surface area contributed by atoms with Crippen molar-refractivity contribution in [2.75, 3.05) is 0 Å². The first-order valence-corrected chi connectivity index (χ1v) is 6.26. The van der Waals surface area contributed by atoms with Gasteiger partial charge in [0.2, 0.25) is 5.82 Å². The van der Waals surface area contributed by atoms with Crippen LogP contribution in [0.1, 0.15) is 28.4 Å². The molecule has 0 heterocycles. The minimum Gasteiger partial charge on any atom is -0.420 e. The molecule has 0 spiro atoms. The van der Waals surface area contributed by atoms with Gasteiger partial charge in [0.25, 0.3) is 0 Å². The largest absolute Gasteiger partial charge is 0.420 e. The summed E-state index contributed by atoms with van der Waals surface area (Å²) in [7, 11) is 0. The molecule has 0 aliphatic rings. The van der Waals surface area contributed by atoms with E-state index in [0.717, 1.165) is 24.1 Å². The van der Waals surface area contributed by atoms with E-state index in [1.54, 1.807) is 24.3 Å².